The molecule has 3 rings (SSSR count). The average molecular weight is 479 g/mol. The molecule has 3 amide bonds. The molecule has 0 saturated carbocycles. The fourth-order valence-electron chi connectivity index (χ4n) is 3.08. The van der Waals surface area contributed by atoms with E-state index in [1.54, 1.807) is 49.4 Å². The zero-order valence-corrected chi connectivity index (χ0v) is 19.1. The number of halogens is 2. The van der Waals surface area contributed by atoms with Gasteiger partial charge in [-0.25, -0.2) is 5.01 Å². The lowest BCUT2D eigenvalue weighted by molar-refractivity contribution is -0.130. The molecule has 10 heteroatoms. The molecule has 1 aliphatic heterocycles. The highest BCUT2D eigenvalue weighted by Crippen LogP contribution is 2.22. The second-order valence-corrected chi connectivity index (χ2v) is 8.12. The van der Waals surface area contributed by atoms with Gasteiger partial charge < -0.3 is 5.32 Å². The normalized spacial score (nSPS) is 15.9. The monoisotopic (exact) mass is 478 g/mol. The van der Waals surface area contributed by atoms with Crippen molar-refractivity contribution in [3.63, 3.8) is 0 Å². The number of aryl methyl sites for hydroxylation is 1. The van der Waals surface area contributed by atoms with Crippen LogP contribution < -0.4 is 10.7 Å². The highest BCUT2D eigenvalue weighted by Gasteiger charge is 2.43. The molecule has 1 atom stereocenters. The van der Waals surface area contributed by atoms with E-state index in [9.17, 15) is 14.4 Å². The maximum Gasteiger partial charge on any atom is 0.269 e. The Morgan fingerprint density at radius 1 is 1.13 bits per heavy atom. The molecule has 162 valence electrons. The van der Waals surface area contributed by atoms with Crippen molar-refractivity contribution >= 4 is 63.9 Å². The van der Waals surface area contributed by atoms with Gasteiger partial charge in [-0.1, -0.05) is 29.3 Å². The number of anilines is 1. The number of likely N-dealkylation sites (N-methyl/N-ethyl adjacent to an activating group) is 1. The third kappa shape index (κ3) is 5.15. The van der Waals surface area contributed by atoms with Crippen LogP contribution in [-0.4, -0.2) is 45.3 Å². The quantitative estimate of drug-likeness (QED) is 0.617. The van der Waals surface area contributed by atoms with Crippen molar-refractivity contribution in [2.24, 2.45) is 0 Å². The zero-order chi connectivity index (χ0) is 22.7. The number of nitrogens with zero attached hydrogens (tertiary/aromatic N) is 2. The molecular weight excluding hydrogens is 459 g/mol. The number of nitrogens with one attached hydrogen (secondary N) is 2. The Kier molecular flexibility index (Phi) is 7.15. The number of hydrogen-bond acceptors (Lipinski definition) is 4. The van der Waals surface area contributed by atoms with E-state index in [1.165, 1.54) is 9.91 Å². The predicted molar refractivity (Wildman–Crippen MR) is 124 cm³/mol. The number of benzene rings is 2. The minimum absolute atomic E-state index is 0.131. The van der Waals surface area contributed by atoms with Gasteiger partial charge in [0.25, 0.3) is 11.8 Å². The summed E-state index contributed by atoms with van der Waals surface area (Å²) in [7, 11) is 0. The lowest BCUT2D eigenvalue weighted by Crippen LogP contribution is -2.49. The summed E-state index contributed by atoms with van der Waals surface area (Å²) in [6.45, 7) is 3.93. The van der Waals surface area contributed by atoms with Crippen LogP contribution in [0.3, 0.4) is 0 Å². The Bertz CT molecular complexity index is 1050. The first-order valence-corrected chi connectivity index (χ1v) is 10.6. The molecule has 0 aromatic heterocycles. The van der Waals surface area contributed by atoms with Crippen LogP contribution in [0.2, 0.25) is 10.0 Å². The van der Waals surface area contributed by atoms with Crippen LogP contribution in [0, 0.1) is 6.92 Å². The first-order chi connectivity index (χ1) is 14.7. The van der Waals surface area contributed by atoms with E-state index in [-0.39, 0.29) is 17.4 Å². The van der Waals surface area contributed by atoms with Crippen molar-refractivity contribution in [2.45, 2.75) is 26.3 Å². The van der Waals surface area contributed by atoms with E-state index < -0.39 is 17.9 Å². The third-order valence-corrected chi connectivity index (χ3v) is 5.85. The van der Waals surface area contributed by atoms with E-state index in [4.69, 9.17) is 35.4 Å². The second kappa shape index (κ2) is 9.64. The van der Waals surface area contributed by atoms with Gasteiger partial charge in [0, 0.05) is 27.8 Å². The minimum Gasteiger partial charge on any atom is -0.326 e. The lowest BCUT2D eigenvalue weighted by Gasteiger charge is -2.24. The van der Waals surface area contributed by atoms with Crippen molar-refractivity contribution < 1.29 is 14.4 Å². The number of carbonyl (C=O) groups is 3. The summed E-state index contributed by atoms with van der Waals surface area (Å²) in [5.74, 6) is -1.24. The number of rotatable bonds is 6. The van der Waals surface area contributed by atoms with E-state index >= 15 is 0 Å². The number of hydrogen-bond donors (Lipinski definition) is 2. The van der Waals surface area contributed by atoms with E-state index in [0.717, 1.165) is 5.56 Å². The maximum absolute atomic E-state index is 12.8. The average Bonchev–Trinajstić information content (AvgIpc) is 2.94. The Hall–Kier alpha value is -2.68. The summed E-state index contributed by atoms with van der Waals surface area (Å²) < 4.78 is 0. The molecule has 2 N–H and O–H groups in total. The van der Waals surface area contributed by atoms with Gasteiger partial charge in [0.1, 0.15) is 6.04 Å². The highest BCUT2D eigenvalue weighted by molar-refractivity contribution is 7.80. The molecule has 2 aromatic rings. The summed E-state index contributed by atoms with van der Waals surface area (Å²) in [6.07, 6.45) is -0.206. The Morgan fingerprint density at radius 2 is 1.81 bits per heavy atom. The van der Waals surface area contributed by atoms with Gasteiger partial charge >= 0.3 is 0 Å². The molecule has 0 aliphatic carbocycles. The molecular formula is C21H20Cl2N4O3S. The second-order valence-electron chi connectivity index (χ2n) is 6.91. The van der Waals surface area contributed by atoms with Crippen LogP contribution in [0.15, 0.2) is 42.5 Å². The molecule has 1 fully saturated rings. The number of hydrazine groups is 1. The summed E-state index contributed by atoms with van der Waals surface area (Å²) in [5.41, 5.74) is 4.37. The minimum atomic E-state index is -0.968. The van der Waals surface area contributed by atoms with Crippen molar-refractivity contribution in [1.82, 2.24) is 15.3 Å². The molecule has 31 heavy (non-hydrogen) atoms. The van der Waals surface area contributed by atoms with Crippen LogP contribution in [0.5, 0.6) is 0 Å². The first kappa shape index (κ1) is 23.0. The fraction of sp³-hybridized carbons (Fsp3) is 0.238. The SMILES string of the molecule is CCN1C(=O)[C@@H](CC(=O)Nc2ccc(C)c(Cl)c2)N(NC(=O)c2ccc(Cl)cc2)C1=S. The van der Waals surface area contributed by atoms with Crippen LogP contribution in [0.1, 0.15) is 29.3 Å². The van der Waals surface area contributed by atoms with Gasteiger partial charge in [-0.05, 0) is 68.0 Å². The maximum atomic E-state index is 12.8. The van der Waals surface area contributed by atoms with Gasteiger partial charge in [0.15, 0.2) is 5.11 Å². The first-order valence-electron chi connectivity index (χ1n) is 9.48. The standard InChI is InChI=1S/C21H20Cl2N4O3S/c1-3-26-20(30)17(11-18(28)24-15-9-4-12(2)16(23)10-15)27(21(26)31)25-19(29)13-5-7-14(22)8-6-13/h4-10,17H,3,11H2,1-2H3,(H,24,28)(H,25,29)/t17-/m1/s1. The molecule has 0 spiro atoms. The Labute approximate surface area is 195 Å². The molecule has 0 bridgehead atoms. The summed E-state index contributed by atoms with van der Waals surface area (Å²) >= 11 is 17.3. The molecule has 1 aliphatic rings. The van der Waals surface area contributed by atoms with E-state index in [0.29, 0.717) is 27.8 Å². The van der Waals surface area contributed by atoms with Crippen molar-refractivity contribution in [2.75, 3.05) is 11.9 Å². The topological polar surface area (TPSA) is 81.8 Å². The van der Waals surface area contributed by atoms with E-state index in [2.05, 4.69) is 10.7 Å². The molecule has 1 saturated heterocycles. The summed E-state index contributed by atoms with van der Waals surface area (Å²) in [6, 6.07) is 10.4. The smallest absolute Gasteiger partial charge is 0.269 e. The summed E-state index contributed by atoms with van der Waals surface area (Å²) in [4.78, 5) is 39.5. The molecule has 0 radical (unpaired) electrons. The van der Waals surface area contributed by atoms with Gasteiger partial charge in [-0.3, -0.25) is 24.7 Å². The van der Waals surface area contributed by atoms with Gasteiger partial charge in [-0.15, -0.1) is 0 Å². The summed E-state index contributed by atoms with van der Waals surface area (Å²) in [5, 5.41) is 5.13. The van der Waals surface area contributed by atoms with Crippen LogP contribution >= 0.6 is 35.4 Å². The van der Waals surface area contributed by atoms with Crippen molar-refractivity contribution in [1.29, 1.82) is 0 Å². The molecule has 7 nitrogen and oxygen atoms in total. The third-order valence-electron chi connectivity index (χ3n) is 4.78. The molecule has 0 unspecified atom stereocenters. The van der Waals surface area contributed by atoms with E-state index in [1.807, 2.05) is 6.92 Å². The van der Waals surface area contributed by atoms with Crippen LogP contribution in [-0.2, 0) is 9.59 Å². The van der Waals surface area contributed by atoms with Gasteiger partial charge in [0.2, 0.25) is 5.91 Å². The van der Waals surface area contributed by atoms with Crippen LogP contribution in [0.25, 0.3) is 0 Å². The number of thiocarbonyl (C=S) groups is 1. The number of carbonyl (C=O) groups excluding carboxylic acids is 3. The molecule has 2 aromatic carbocycles. The predicted octanol–water partition coefficient (Wildman–Crippen LogP) is 3.79. The van der Waals surface area contributed by atoms with Gasteiger partial charge in [-0.2, -0.15) is 0 Å². The lowest BCUT2D eigenvalue weighted by atomic mass is 10.1. The number of amides is 3. The Morgan fingerprint density at radius 3 is 2.42 bits per heavy atom. The van der Waals surface area contributed by atoms with Crippen LogP contribution in [0.4, 0.5) is 5.69 Å². The molecule has 1 heterocycles. The largest absolute Gasteiger partial charge is 0.326 e. The van der Waals surface area contributed by atoms with Gasteiger partial charge in [0.05, 0.1) is 6.42 Å². The zero-order valence-electron chi connectivity index (χ0n) is 16.8. The van der Waals surface area contributed by atoms with Crippen molar-refractivity contribution in [3.05, 3.63) is 63.6 Å². The fourth-order valence-corrected chi connectivity index (χ4v) is 3.78. The Balaban J connectivity index is 1.76. The highest BCUT2D eigenvalue weighted by atomic mass is 35.5. The van der Waals surface area contributed by atoms with Crippen molar-refractivity contribution in [3.8, 4) is 0 Å².